The number of fused-ring (bicyclic) bond motifs is 1. The minimum absolute atomic E-state index is 0.0338. The Bertz CT molecular complexity index is 1100. The number of carbonyl (C=O) groups is 3. The summed E-state index contributed by atoms with van der Waals surface area (Å²) >= 11 is 2.33. The number of aliphatic imine (C=N–C) groups is 1. The molecule has 0 atom stereocenters. The molecule has 8 heteroatoms. The fraction of sp³-hybridized carbons (Fsp3) is 0.238. The van der Waals surface area contributed by atoms with Gasteiger partial charge in [-0.2, -0.15) is 0 Å². The number of amides is 2. The molecule has 0 bridgehead atoms. The lowest BCUT2D eigenvalue weighted by Crippen LogP contribution is -2.34. The third-order valence-corrected chi connectivity index (χ3v) is 6.28. The first-order valence-electron chi connectivity index (χ1n) is 9.08. The fourth-order valence-corrected chi connectivity index (χ4v) is 4.91. The second-order valence-electron chi connectivity index (χ2n) is 6.99. The average molecular weight is 427 g/mol. The lowest BCUT2D eigenvalue weighted by molar-refractivity contribution is -0.123. The summed E-state index contributed by atoms with van der Waals surface area (Å²) in [4.78, 5) is 42.1. The molecule has 2 aliphatic heterocycles. The Morgan fingerprint density at radius 2 is 2.07 bits per heavy atom. The van der Waals surface area contributed by atoms with Crippen molar-refractivity contribution in [2.24, 2.45) is 4.99 Å². The third-order valence-electron chi connectivity index (χ3n) is 4.51. The summed E-state index contributed by atoms with van der Waals surface area (Å²) in [5, 5.41) is 1.26. The Morgan fingerprint density at radius 3 is 2.76 bits per heavy atom. The van der Waals surface area contributed by atoms with Crippen LogP contribution < -0.4 is 0 Å². The van der Waals surface area contributed by atoms with E-state index in [2.05, 4.69) is 4.99 Å². The number of hydrogen-bond acceptors (Lipinski definition) is 7. The summed E-state index contributed by atoms with van der Waals surface area (Å²) in [5.74, 6) is 0.251. The molecule has 0 spiro atoms. The van der Waals surface area contributed by atoms with Crippen molar-refractivity contribution in [3.05, 3.63) is 52.1 Å². The number of thioether (sulfide) groups is 2. The van der Waals surface area contributed by atoms with Crippen molar-refractivity contribution in [3.63, 3.8) is 0 Å². The molecular formula is C21H18N2O4S2. The van der Waals surface area contributed by atoms with Crippen molar-refractivity contribution in [2.45, 2.75) is 38.3 Å². The predicted octanol–water partition coefficient (Wildman–Crippen LogP) is 5.31. The van der Waals surface area contributed by atoms with Crippen molar-refractivity contribution in [2.75, 3.05) is 0 Å². The summed E-state index contributed by atoms with van der Waals surface area (Å²) in [7, 11) is 0. The second-order valence-corrected chi connectivity index (χ2v) is 9.06. The fourth-order valence-electron chi connectivity index (χ4n) is 3.09. The highest BCUT2D eigenvalue weighted by Crippen LogP contribution is 2.36. The summed E-state index contributed by atoms with van der Waals surface area (Å²) < 4.78 is 5.80. The van der Waals surface area contributed by atoms with Gasteiger partial charge in [0.2, 0.25) is 0 Å². The lowest BCUT2D eigenvalue weighted by Gasteiger charge is -2.16. The molecule has 148 valence electrons. The summed E-state index contributed by atoms with van der Waals surface area (Å²) in [5.41, 5.74) is 2.57. The van der Waals surface area contributed by atoms with Gasteiger partial charge in [0, 0.05) is 24.1 Å². The van der Waals surface area contributed by atoms with Crippen LogP contribution in [0.2, 0.25) is 0 Å². The lowest BCUT2D eigenvalue weighted by atomic mass is 10.1. The van der Waals surface area contributed by atoms with E-state index >= 15 is 0 Å². The molecule has 0 unspecified atom stereocenters. The van der Waals surface area contributed by atoms with E-state index in [0.717, 1.165) is 28.1 Å². The standard InChI is InChI=1S/C21H18N2O4S2/c1-11(2)23-20(25)17(28-21(23)26)10-15-5-7-19(27-15)29-18-9-14-8-13(12(3)24)4-6-16(14)22-18/h4-8,10-11H,9H2,1-3H3/b17-10-. The number of carbonyl (C=O) groups excluding carboxylic acids is 3. The van der Waals surface area contributed by atoms with Gasteiger partial charge in [0.15, 0.2) is 10.9 Å². The van der Waals surface area contributed by atoms with Crippen LogP contribution in [-0.4, -0.2) is 32.9 Å². The smallest absolute Gasteiger partial charge is 0.293 e. The van der Waals surface area contributed by atoms with Crippen molar-refractivity contribution in [3.8, 4) is 0 Å². The van der Waals surface area contributed by atoms with Gasteiger partial charge in [0.25, 0.3) is 11.1 Å². The first-order chi connectivity index (χ1) is 13.8. The molecule has 2 amide bonds. The molecule has 0 N–H and O–H groups in total. The zero-order chi connectivity index (χ0) is 20.7. The monoisotopic (exact) mass is 426 g/mol. The Hall–Kier alpha value is -2.58. The molecule has 0 saturated carbocycles. The molecule has 6 nitrogen and oxygen atoms in total. The number of imide groups is 1. The highest BCUT2D eigenvalue weighted by molar-refractivity contribution is 8.18. The molecule has 0 aliphatic carbocycles. The van der Waals surface area contributed by atoms with E-state index < -0.39 is 0 Å². The first kappa shape index (κ1) is 19.7. The van der Waals surface area contributed by atoms with E-state index in [0.29, 0.717) is 27.7 Å². The highest BCUT2D eigenvalue weighted by atomic mass is 32.2. The summed E-state index contributed by atoms with van der Waals surface area (Å²) in [6.45, 7) is 5.16. The Kier molecular flexibility index (Phi) is 5.23. The van der Waals surface area contributed by atoms with Crippen LogP contribution in [0.15, 0.2) is 49.7 Å². The van der Waals surface area contributed by atoms with Crippen LogP contribution in [0.25, 0.3) is 6.08 Å². The molecule has 2 aromatic rings. The van der Waals surface area contributed by atoms with Gasteiger partial charge in [-0.3, -0.25) is 19.3 Å². The Morgan fingerprint density at radius 1 is 1.28 bits per heavy atom. The van der Waals surface area contributed by atoms with Gasteiger partial charge in [-0.25, -0.2) is 4.99 Å². The zero-order valence-electron chi connectivity index (χ0n) is 16.1. The van der Waals surface area contributed by atoms with Crippen molar-refractivity contribution in [1.82, 2.24) is 4.90 Å². The molecule has 1 aromatic carbocycles. The van der Waals surface area contributed by atoms with Crippen LogP contribution in [0.3, 0.4) is 0 Å². The van der Waals surface area contributed by atoms with Gasteiger partial charge >= 0.3 is 0 Å². The predicted molar refractivity (Wildman–Crippen MR) is 115 cm³/mol. The topological polar surface area (TPSA) is 80.0 Å². The van der Waals surface area contributed by atoms with Crippen molar-refractivity contribution >= 4 is 57.3 Å². The molecule has 2 aliphatic rings. The molecule has 29 heavy (non-hydrogen) atoms. The number of furan rings is 1. The SMILES string of the molecule is CC(=O)c1ccc2c(c1)CC(Sc1ccc(/C=C3\SC(=O)N(C(C)C)C3=O)o1)=N2. The van der Waals surface area contributed by atoms with Gasteiger partial charge in [-0.05, 0) is 80.2 Å². The van der Waals surface area contributed by atoms with Crippen LogP contribution in [0, 0.1) is 0 Å². The van der Waals surface area contributed by atoms with E-state index in [1.165, 1.54) is 16.7 Å². The summed E-state index contributed by atoms with van der Waals surface area (Å²) in [6.07, 6.45) is 2.24. The van der Waals surface area contributed by atoms with E-state index in [9.17, 15) is 14.4 Å². The van der Waals surface area contributed by atoms with E-state index in [4.69, 9.17) is 4.42 Å². The zero-order valence-corrected chi connectivity index (χ0v) is 17.7. The first-order valence-corrected chi connectivity index (χ1v) is 10.7. The van der Waals surface area contributed by atoms with E-state index in [1.54, 1.807) is 39.0 Å². The number of benzene rings is 1. The summed E-state index contributed by atoms with van der Waals surface area (Å²) in [6, 6.07) is 8.93. The van der Waals surface area contributed by atoms with Gasteiger partial charge in [0.1, 0.15) is 5.76 Å². The minimum Gasteiger partial charge on any atom is -0.450 e. The molecular weight excluding hydrogens is 408 g/mol. The minimum atomic E-state index is -0.294. The quantitative estimate of drug-likeness (QED) is 0.487. The van der Waals surface area contributed by atoms with E-state index in [-0.39, 0.29) is 23.0 Å². The van der Waals surface area contributed by atoms with Crippen LogP contribution in [0.5, 0.6) is 0 Å². The molecule has 4 rings (SSSR count). The maximum Gasteiger partial charge on any atom is 0.293 e. The third kappa shape index (κ3) is 3.95. The average Bonchev–Trinajstić information content (AvgIpc) is 3.32. The number of Topliss-reactive ketones (excluding diaryl/α,β-unsaturated/α-hetero) is 1. The van der Waals surface area contributed by atoms with E-state index in [1.807, 2.05) is 18.2 Å². The maximum absolute atomic E-state index is 12.4. The van der Waals surface area contributed by atoms with Crippen LogP contribution in [0.4, 0.5) is 10.5 Å². The van der Waals surface area contributed by atoms with Crippen LogP contribution in [-0.2, 0) is 11.2 Å². The number of ketones is 1. The molecule has 0 radical (unpaired) electrons. The second kappa shape index (κ2) is 7.68. The van der Waals surface area contributed by atoms with Crippen molar-refractivity contribution < 1.29 is 18.8 Å². The highest BCUT2D eigenvalue weighted by Gasteiger charge is 2.36. The van der Waals surface area contributed by atoms with Crippen LogP contribution >= 0.6 is 23.5 Å². The van der Waals surface area contributed by atoms with Gasteiger partial charge in [-0.1, -0.05) is 0 Å². The van der Waals surface area contributed by atoms with Gasteiger partial charge in [0.05, 0.1) is 15.6 Å². The number of nitrogens with zero attached hydrogens (tertiary/aromatic N) is 2. The Labute approximate surface area is 176 Å². The number of hydrogen-bond donors (Lipinski definition) is 0. The maximum atomic E-state index is 12.4. The molecule has 1 fully saturated rings. The van der Waals surface area contributed by atoms with Gasteiger partial charge in [-0.15, -0.1) is 0 Å². The normalized spacial score (nSPS) is 17.4. The van der Waals surface area contributed by atoms with Crippen molar-refractivity contribution in [1.29, 1.82) is 0 Å². The molecule has 3 heterocycles. The van der Waals surface area contributed by atoms with Gasteiger partial charge < -0.3 is 4.42 Å². The van der Waals surface area contributed by atoms with Crippen LogP contribution in [0.1, 0.15) is 42.5 Å². The Balaban J connectivity index is 1.46. The molecule has 1 saturated heterocycles. The number of rotatable bonds is 4. The largest absolute Gasteiger partial charge is 0.450 e. The molecule has 1 aromatic heterocycles.